The first-order chi connectivity index (χ1) is 14.3. The molecular formula is C22H33FN6. The van der Waals surface area contributed by atoms with Crippen LogP contribution < -0.4 is 4.90 Å². The molecule has 0 amide bonds. The molecule has 4 rings (SSSR count). The predicted octanol–water partition coefficient (Wildman–Crippen LogP) is 4.56. The van der Waals surface area contributed by atoms with E-state index in [-0.39, 0.29) is 5.83 Å². The summed E-state index contributed by atoms with van der Waals surface area (Å²) in [5.74, 6) is 1.51. The summed E-state index contributed by atoms with van der Waals surface area (Å²) in [6.45, 7) is 13.3. The van der Waals surface area contributed by atoms with Gasteiger partial charge in [0.1, 0.15) is 18.0 Å². The summed E-state index contributed by atoms with van der Waals surface area (Å²) in [7, 11) is 0. The molecule has 29 heavy (non-hydrogen) atoms. The van der Waals surface area contributed by atoms with Gasteiger partial charge in [0.2, 0.25) is 0 Å². The molecule has 0 radical (unpaired) electrons. The number of allylic oxidation sites excluding steroid dienone is 5. The molecule has 158 valence electrons. The Morgan fingerprint density at radius 1 is 0.931 bits per heavy atom. The highest BCUT2D eigenvalue weighted by Gasteiger charge is 2.24. The summed E-state index contributed by atoms with van der Waals surface area (Å²) in [5, 5.41) is 4.33. The summed E-state index contributed by atoms with van der Waals surface area (Å²) in [5.41, 5.74) is 1.83. The molecule has 0 N–H and O–H groups in total. The van der Waals surface area contributed by atoms with Gasteiger partial charge < -0.3 is 9.80 Å². The zero-order valence-electron chi connectivity index (χ0n) is 18.3. The number of rotatable bonds is 3. The number of anilines is 1. The van der Waals surface area contributed by atoms with Crippen molar-refractivity contribution in [1.29, 1.82) is 0 Å². The van der Waals surface area contributed by atoms with Crippen LogP contribution in [-0.4, -0.2) is 50.7 Å². The molecule has 2 aliphatic rings. The molecule has 1 aliphatic carbocycles. The van der Waals surface area contributed by atoms with Gasteiger partial charge >= 0.3 is 0 Å². The van der Waals surface area contributed by atoms with Crippen LogP contribution in [0.5, 0.6) is 0 Å². The molecule has 1 saturated heterocycles. The molecular weight excluding hydrogens is 367 g/mol. The normalized spacial score (nSPS) is 16.2. The van der Waals surface area contributed by atoms with Crippen LogP contribution in [-0.2, 0) is 6.42 Å². The number of aryl methyl sites for hydroxylation is 1. The highest BCUT2D eigenvalue weighted by Crippen LogP contribution is 2.25. The molecule has 2 aromatic rings. The van der Waals surface area contributed by atoms with Crippen molar-refractivity contribution in [1.82, 2.24) is 24.5 Å². The maximum atomic E-state index is 14.3. The van der Waals surface area contributed by atoms with E-state index in [1.54, 1.807) is 6.08 Å². The Bertz CT molecular complexity index is 859. The van der Waals surface area contributed by atoms with Crippen LogP contribution in [0.3, 0.4) is 0 Å². The van der Waals surface area contributed by atoms with Crippen molar-refractivity contribution in [2.45, 2.75) is 47.5 Å². The Balaban J connectivity index is 0.000000707. The molecule has 0 unspecified atom stereocenters. The maximum absolute atomic E-state index is 14.3. The fraction of sp³-hybridized carbons (Fsp3) is 0.500. The van der Waals surface area contributed by atoms with Gasteiger partial charge in [-0.25, -0.2) is 9.37 Å². The highest BCUT2D eigenvalue weighted by atomic mass is 19.1. The molecule has 7 heteroatoms. The topological polar surface area (TPSA) is 49.6 Å². The number of halogens is 1. The molecule has 0 aromatic carbocycles. The summed E-state index contributed by atoms with van der Waals surface area (Å²) in [6.07, 6.45) is 12.4. The lowest BCUT2D eigenvalue weighted by Gasteiger charge is -2.38. The molecule has 6 nitrogen and oxygen atoms in total. The van der Waals surface area contributed by atoms with Crippen molar-refractivity contribution < 1.29 is 4.39 Å². The van der Waals surface area contributed by atoms with E-state index >= 15 is 0 Å². The largest absolute Gasteiger partial charge is 0.366 e. The third-order valence-corrected chi connectivity index (χ3v) is 4.71. The van der Waals surface area contributed by atoms with Crippen LogP contribution in [0, 0.1) is 0 Å². The second-order valence-electron chi connectivity index (χ2n) is 6.18. The number of piperazine rings is 1. The Morgan fingerprint density at radius 2 is 1.59 bits per heavy atom. The molecule has 1 fully saturated rings. The minimum atomic E-state index is -0.154. The zero-order chi connectivity index (χ0) is 21.2. The van der Waals surface area contributed by atoms with Crippen molar-refractivity contribution >= 4 is 11.6 Å². The minimum Gasteiger partial charge on any atom is -0.366 e. The third-order valence-electron chi connectivity index (χ3n) is 4.71. The summed E-state index contributed by atoms with van der Waals surface area (Å²) >= 11 is 0. The van der Waals surface area contributed by atoms with E-state index in [0.717, 1.165) is 50.4 Å². The van der Waals surface area contributed by atoms with Crippen LogP contribution in [0.4, 0.5) is 10.2 Å². The molecule has 0 saturated carbocycles. The van der Waals surface area contributed by atoms with Crippen molar-refractivity contribution in [3.8, 4) is 0 Å². The van der Waals surface area contributed by atoms with Crippen LogP contribution >= 0.6 is 0 Å². The number of hydrogen-bond acceptors (Lipinski definition) is 5. The smallest absolute Gasteiger partial charge is 0.254 e. The van der Waals surface area contributed by atoms with Crippen LogP contribution in [0.1, 0.15) is 46.6 Å². The van der Waals surface area contributed by atoms with E-state index in [0.29, 0.717) is 11.5 Å². The first-order valence-corrected chi connectivity index (χ1v) is 10.7. The van der Waals surface area contributed by atoms with Crippen molar-refractivity contribution in [3.05, 3.63) is 53.9 Å². The molecule has 3 heterocycles. The maximum Gasteiger partial charge on any atom is 0.254 e. The second-order valence-corrected chi connectivity index (χ2v) is 6.18. The van der Waals surface area contributed by atoms with Gasteiger partial charge in [-0.05, 0) is 25.0 Å². The molecule has 0 atom stereocenters. The monoisotopic (exact) mass is 400 g/mol. The van der Waals surface area contributed by atoms with Gasteiger partial charge in [0.15, 0.2) is 0 Å². The number of hydrogen-bond donors (Lipinski definition) is 0. The summed E-state index contributed by atoms with van der Waals surface area (Å²) < 4.78 is 16.1. The number of aromatic nitrogens is 4. The van der Waals surface area contributed by atoms with E-state index in [1.807, 2.05) is 56.6 Å². The number of fused-ring (bicyclic) bond motifs is 1. The fourth-order valence-corrected chi connectivity index (χ4v) is 3.40. The van der Waals surface area contributed by atoms with Gasteiger partial charge in [0, 0.05) is 37.9 Å². The lowest BCUT2D eigenvalue weighted by molar-refractivity contribution is 0.319. The van der Waals surface area contributed by atoms with E-state index in [2.05, 4.69) is 31.8 Å². The zero-order valence-corrected chi connectivity index (χ0v) is 18.3. The number of nitrogens with zero attached hydrogens (tertiary/aromatic N) is 6. The van der Waals surface area contributed by atoms with Gasteiger partial charge in [-0.1, -0.05) is 46.8 Å². The lowest BCUT2D eigenvalue weighted by atomic mass is 10.2. The third kappa shape index (κ3) is 5.02. The first kappa shape index (κ1) is 22.6. The summed E-state index contributed by atoms with van der Waals surface area (Å²) in [6, 6.07) is 0. The van der Waals surface area contributed by atoms with Crippen molar-refractivity contribution in [3.63, 3.8) is 0 Å². The average molecular weight is 401 g/mol. The van der Waals surface area contributed by atoms with E-state index < -0.39 is 0 Å². The first-order valence-electron chi connectivity index (χ1n) is 10.7. The SMILES string of the molecule is CC.CC.CCc1cnc2ncnn2c1N1CCN(C2=C(F)C=CCC=C2)CC1. The van der Waals surface area contributed by atoms with Gasteiger partial charge in [-0.3, -0.25) is 0 Å². The Morgan fingerprint density at radius 3 is 2.28 bits per heavy atom. The fourth-order valence-electron chi connectivity index (χ4n) is 3.40. The van der Waals surface area contributed by atoms with Crippen LogP contribution in [0.25, 0.3) is 5.78 Å². The molecule has 1 aliphatic heterocycles. The standard InChI is InChI=1S/C18H21FN6.2C2H6/c1-2-14-12-20-18-21-13-22-25(18)17(14)24-10-8-23(9-11-24)16-7-5-3-4-6-15(16)19;2*1-2/h4-7,12-13H,2-3,8-11H2,1H3;2*1-2H3. The molecule has 0 spiro atoms. The predicted molar refractivity (Wildman–Crippen MR) is 118 cm³/mol. The Labute approximate surface area is 173 Å². The Hall–Kier alpha value is -2.70. The van der Waals surface area contributed by atoms with Crippen molar-refractivity contribution in [2.24, 2.45) is 0 Å². The van der Waals surface area contributed by atoms with Crippen molar-refractivity contribution in [2.75, 3.05) is 31.1 Å². The van der Waals surface area contributed by atoms with Gasteiger partial charge in [0.05, 0.1) is 5.70 Å². The van der Waals surface area contributed by atoms with Gasteiger partial charge in [-0.15, -0.1) is 0 Å². The molecule has 0 bridgehead atoms. The van der Waals surface area contributed by atoms with Gasteiger partial charge in [-0.2, -0.15) is 14.6 Å². The highest BCUT2D eigenvalue weighted by molar-refractivity contribution is 5.52. The van der Waals surface area contributed by atoms with Crippen LogP contribution in [0.2, 0.25) is 0 Å². The average Bonchev–Trinajstić information content (AvgIpc) is 3.17. The molecule has 2 aromatic heterocycles. The van der Waals surface area contributed by atoms with Crippen LogP contribution in [0.15, 0.2) is 48.4 Å². The Kier molecular flexibility index (Phi) is 8.83. The summed E-state index contributed by atoms with van der Waals surface area (Å²) in [4.78, 5) is 13.0. The van der Waals surface area contributed by atoms with E-state index in [4.69, 9.17) is 0 Å². The van der Waals surface area contributed by atoms with E-state index in [9.17, 15) is 4.39 Å². The van der Waals surface area contributed by atoms with E-state index in [1.165, 1.54) is 6.33 Å². The minimum absolute atomic E-state index is 0.154. The lowest BCUT2D eigenvalue weighted by Crippen LogP contribution is -2.46. The quantitative estimate of drug-likeness (QED) is 0.756. The second kappa shape index (κ2) is 11.3. The van der Waals surface area contributed by atoms with Gasteiger partial charge in [0.25, 0.3) is 5.78 Å².